The normalized spacial score (nSPS) is 10.3. The second-order valence-corrected chi connectivity index (χ2v) is 4.71. The van der Waals surface area contributed by atoms with Crippen molar-refractivity contribution in [2.24, 2.45) is 0 Å². The van der Waals surface area contributed by atoms with Gasteiger partial charge in [-0.1, -0.05) is 29.0 Å². The van der Waals surface area contributed by atoms with Crippen LogP contribution in [-0.2, 0) is 0 Å². The number of aryl methyl sites for hydroxylation is 1. The standard InChI is InChI=1S/C11H11ClN2S/c1-7-5-8(12)3-4-9(7)10-6-14-11(13-2)15-10/h3-6H,1-2H3,(H,13,14). The minimum Gasteiger partial charge on any atom is -0.365 e. The number of rotatable bonds is 2. The SMILES string of the molecule is CNc1ncc(-c2ccc(Cl)cc2C)s1. The first-order valence-electron chi connectivity index (χ1n) is 4.61. The maximum absolute atomic E-state index is 5.91. The molecule has 78 valence electrons. The predicted molar refractivity (Wildman–Crippen MR) is 66.8 cm³/mol. The number of halogens is 1. The maximum atomic E-state index is 5.91. The summed E-state index contributed by atoms with van der Waals surface area (Å²) in [6.07, 6.45) is 1.88. The van der Waals surface area contributed by atoms with Crippen LogP contribution < -0.4 is 5.32 Å². The topological polar surface area (TPSA) is 24.9 Å². The van der Waals surface area contributed by atoms with Gasteiger partial charge in [-0.3, -0.25) is 0 Å². The lowest BCUT2D eigenvalue weighted by Crippen LogP contribution is -1.83. The molecule has 0 amide bonds. The van der Waals surface area contributed by atoms with Gasteiger partial charge in [-0.2, -0.15) is 0 Å². The lowest BCUT2D eigenvalue weighted by Gasteiger charge is -2.02. The molecule has 1 N–H and O–H groups in total. The first kappa shape index (κ1) is 10.5. The van der Waals surface area contributed by atoms with Crippen molar-refractivity contribution >= 4 is 28.1 Å². The molecule has 2 nitrogen and oxygen atoms in total. The van der Waals surface area contributed by atoms with Crippen LogP contribution in [0.4, 0.5) is 5.13 Å². The molecule has 0 saturated carbocycles. The number of anilines is 1. The second-order valence-electron chi connectivity index (χ2n) is 3.24. The highest BCUT2D eigenvalue weighted by Crippen LogP contribution is 2.32. The number of nitrogens with one attached hydrogen (secondary N) is 1. The molecular weight excluding hydrogens is 228 g/mol. The first-order valence-corrected chi connectivity index (χ1v) is 5.80. The molecule has 15 heavy (non-hydrogen) atoms. The Kier molecular flexibility index (Phi) is 2.93. The van der Waals surface area contributed by atoms with Crippen molar-refractivity contribution in [2.45, 2.75) is 6.92 Å². The lowest BCUT2D eigenvalue weighted by molar-refractivity contribution is 1.36. The van der Waals surface area contributed by atoms with Gasteiger partial charge in [0.25, 0.3) is 0 Å². The minimum absolute atomic E-state index is 0.773. The molecule has 0 bridgehead atoms. The summed E-state index contributed by atoms with van der Waals surface area (Å²) in [5.41, 5.74) is 2.37. The molecule has 4 heteroatoms. The number of aromatic nitrogens is 1. The molecule has 1 aromatic carbocycles. The zero-order valence-electron chi connectivity index (χ0n) is 8.54. The molecule has 0 spiro atoms. The Bertz CT molecular complexity index is 479. The lowest BCUT2D eigenvalue weighted by atomic mass is 10.1. The molecule has 2 aromatic rings. The predicted octanol–water partition coefficient (Wildman–Crippen LogP) is 3.81. The maximum Gasteiger partial charge on any atom is 0.182 e. The quantitative estimate of drug-likeness (QED) is 0.861. The molecule has 1 aromatic heterocycles. The minimum atomic E-state index is 0.773. The average Bonchev–Trinajstić information content (AvgIpc) is 2.66. The van der Waals surface area contributed by atoms with Crippen molar-refractivity contribution in [3.63, 3.8) is 0 Å². The summed E-state index contributed by atoms with van der Waals surface area (Å²) in [5.74, 6) is 0. The van der Waals surface area contributed by atoms with E-state index < -0.39 is 0 Å². The van der Waals surface area contributed by atoms with Crippen LogP contribution in [0.2, 0.25) is 5.02 Å². The van der Waals surface area contributed by atoms with Crippen LogP contribution >= 0.6 is 22.9 Å². The summed E-state index contributed by atoms with van der Waals surface area (Å²) < 4.78 is 0. The summed E-state index contributed by atoms with van der Waals surface area (Å²) in [4.78, 5) is 5.41. The van der Waals surface area contributed by atoms with Crippen LogP contribution in [-0.4, -0.2) is 12.0 Å². The van der Waals surface area contributed by atoms with Crippen molar-refractivity contribution in [2.75, 3.05) is 12.4 Å². The summed E-state index contributed by atoms with van der Waals surface area (Å²) in [5, 5.41) is 4.73. The Morgan fingerprint density at radius 2 is 2.20 bits per heavy atom. The van der Waals surface area contributed by atoms with Crippen molar-refractivity contribution < 1.29 is 0 Å². The summed E-state index contributed by atoms with van der Waals surface area (Å²) >= 11 is 7.55. The van der Waals surface area contributed by atoms with Crippen LogP contribution in [0.15, 0.2) is 24.4 Å². The van der Waals surface area contributed by atoms with Crippen molar-refractivity contribution in [3.05, 3.63) is 35.0 Å². The van der Waals surface area contributed by atoms with Crippen molar-refractivity contribution in [3.8, 4) is 10.4 Å². The number of nitrogens with zero attached hydrogens (tertiary/aromatic N) is 1. The molecule has 2 rings (SSSR count). The van der Waals surface area contributed by atoms with E-state index in [4.69, 9.17) is 11.6 Å². The fraction of sp³-hybridized carbons (Fsp3) is 0.182. The molecule has 0 radical (unpaired) electrons. The van der Waals surface area contributed by atoms with Crippen molar-refractivity contribution in [1.82, 2.24) is 4.98 Å². The van der Waals surface area contributed by atoms with E-state index >= 15 is 0 Å². The zero-order valence-corrected chi connectivity index (χ0v) is 10.1. The summed E-state index contributed by atoms with van der Waals surface area (Å²) in [7, 11) is 1.87. The molecule has 0 saturated heterocycles. The van der Waals surface area contributed by atoms with Crippen LogP contribution in [0.3, 0.4) is 0 Å². The number of hydrogen-bond acceptors (Lipinski definition) is 3. The number of benzene rings is 1. The zero-order chi connectivity index (χ0) is 10.8. The van der Waals surface area contributed by atoms with Gasteiger partial charge in [-0.05, 0) is 30.2 Å². The van der Waals surface area contributed by atoms with Gasteiger partial charge in [-0.25, -0.2) is 4.98 Å². The number of hydrogen-bond donors (Lipinski definition) is 1. The molecule has 0 unspecified atom stereocenters. The summed E-state index contributed by atoms with van der Waals surface area (Å²) in [6, 6.07) is 5.91. The highest BCUT2D eigenvalue weighted by molar-refractivity contribution is 7.18. The monoisotopic (exact) mass is 238 g/mol. The Hall–Kier alpha value is -1.06. The fourth-order valence-electron chi connectivity index (χ4n) is 1.42. The van der Waals surface area contributed by atoms with Crippen LogP contribution in [0, 0.1) is 6.92 Å². The van der Waals surface area contributed by atoms with E-state index in [2.05, 4.69) is 17.2 Å². The van der Waals surface area contributed by atoms with E-state index in [-0.39, 0.29) is 0 Å². The van der Waals surface area contributed by atoms with Crippen LogP contribution in [0.1, 0.15) is 5.56 Å². The van der Waals surface area contributed by atoms with Gasteiger partial charge >= 0.3 is 0 Å². The van der Waals surface area contributed by atoms with Crippen LogP contribution in [0.25, 0.3) is 10.4 Å². The van der Waals surface area contributed by atoms with Gasteiger partial charge in [-0.15, -0.1) is 0 Å². The third-order valence-corrected chi connectivity index (χ3v) is 3.46. The van der Waals surface area contributed by atoms with E-state index in [1.807, 2.05) is 31.4 Å². The molecule has 1 heterocycles. The van der Waals surface area contributed by atoms with E-state index in [0.29, 0.717) is 0 Å². The summed E-state index contributed by atoms with van der Waals surface area (Å²) in [6.45, 7) is 2.06. The Morgan fingerprint density at radius 3 is 2.80 bits per heavy atom. The number of thiazole rings is 1. The third-order valence-electron chi connectivity index (χ3n) is 2.17. The van der Waals surface area contributed by atoms with Gasteiger partial charge in [0.1, 0.15) is 0 Å². The van der Waals surface area contributed by atoms with E-state index in [1.54, 1.807) is 11.3 Å². The van der Waals surface area contributed by atoms with E-state index in [0.717, 1.165) is 15.0 Å². The van der Waals surface area contributed by atoms with Crippen molar-refractivity contribution in [1.29, 1.82) is 0 Å². The van der Waals surface area contributed by atoms with Gasteiger partial charge in [0.2, 0.25) is 0 Å². The highest BCUT2D eigenvalue weighted by Gasteiger charge is 2.06. The Balaban J connectivity index is 2.44. The van der Waals surface area contributed by atoms with E-state index in [9.17, 15) is 0 Å². The second kappa shape index (κ2) is 4.21. The molecular formula is C11H11ClN2S. The molecule has 0 aliphatic heterocycles. The van der Waals surface area contributed by atoms with Gasteiger partial charge in [0.05, 0.1) is 4.88 Å². The third kappa shape index (κ3) is 2.13. The molecule has 0 aliphatic rings. The van der Waals surface area contributed by atoms with Crippen LogP contribution in [0.5, 0.6) is 0 Å². The van der Waals surface area contributed by atoms with Gasteiger partial charge in [0, 0.05) is 18.3 Å². The average molecular weight is 239 g/mol. The van der Waals surface area contributed by atoms with Gasteiger partial charge < -0.3 is 5.32 Å². The Labute approximate surface area is 97.9 Å². The molecule has 0 fully saturated rings. The largest absolute Gasteiger partial charge is 0.365 e. The Morgan fingerprint density at radius 1 is 1.40 bits per heavy atom. The van der Waals surface area contributed by atoms with Gasteiger partial charge in [0.15, 0.2) is 5.13 Å². The first-order chi connectivity index (χ1) is 7.20. The molecule has 0 aliphatic carbocycles. The van der Waals surface area contributed by atoms with E-state index in [1.165, 1.54) is 11.1 Å². The smallest absolute Gasteiger partial charge is 0.182 e. The molecule has 0 atom stereocenters. The fourth-order valence-corrected chi connectivity index (χ4v) is 2.50. The highest BCUT2D eigenvalue weighted by atomic mass is 35.5.